The molecule has 0 spiro atoms. The van der Waals surface area contributed by atoms with Gasteiger partial charge in [0.1, 0.15) is 43.2 Å². The van der Waals surface area contributed by atoms with Gasteiger partial charge in [-0.15, -0.1) is 0 Å². The molecule has 1 saturated carbocycles. The van der Waals surface area contributed by atoms with Gasteiger partial charge in [-0.2, -0.15) is 0 Å². The zero-order valence-electron chi connectivity index (χ0n) is 40.0. The molecule has 1 fully saturated rings. The van der Waals surface area contributed by atoms with E-state index in [4.69, 9.17) is 18.5 Å². The molecule has 1 rings (SSSR count). The summed E-state index contributed by atoms with van der Waals surface area (Å²) in [7, 11) is -5.13. The minimum Gasteiger partial charge on any atom is -0.462 e. The maximum Gasteiger partial charge on any atom is 0.472 e. The van der Waals surface area contributed by atoms with E-state index in [0.29, 0.717) is 12.8 Å². The number of rotatable bonds is 41. The van der Waals surface area contributed by atoms with Gasteiger partial charge >= 0.3 is 19.8 Å². The summed E-state index contributed by atoms with van der Waals surface area (Å²) in [6.45, 7) is 3.25. The second kappa shape index (κ2) is 40.6. The molecule has 376 valence electrons. The summed E-state index contributed by atoms with van der Waals surface area (Å²) in [6.07, 6.45) is 36.9. The van der Waals surface area contributed by atoms with E-state index in [2.05, 4.69) is 74.6 Å². The molecule has 0 bridgehead atoms. The number of unbranched alkanes of at least 4 members (excludes halogenated alkanes) is 19. The lowest BCUT2D eigenvalue weighted by molar-refractivity contribution is -0.220. The third-order valence-electron chi connectivity index (χ3n) is 11.3. The van der Waals surface area contributed by atoms with Crippen LogP contribution in [0.2, 0.25) is 0 Å². The first-order chi connectivity index (χ1) is 31.4. The van der Waals surface area contributed by atoms with Crippen molar-refractivity contribution in [2.75, 3.05) is 13.2 Å². The second-order valence-electron chi connectivity index (χ2n) is 17.3. The Labute approximate surface area is 392 Å². The number of esters is 2. The van der Waals surface area contributed by atoms with Crippen LogP contribution >= 0.6 is 7.82 Å². The SMILES string of the molecule is CCCCC/C=C/C/C=C/C/C=C/C/C=C/CCCCCC(=O)O[C@H](COC(=O)CCCCCCCCC/C=C/CCCCCCCC)COP(=O)(O)OC1C(O)C(O)C(O)[C@@H](O)C1O. The molecule has 0 aromatic rings. The van der Waals surface area contributed by atoms with Gasteiger partial charge in [0.25, 0.3) is 0 Å². The number of phosphoric ester groups is 1. The average Bonchev–Trinajstić information content (AvgIpc) is 3.29. The number of allylic oxidation sites excluding steroid dienone is 10. The quantitative estimate of drug-likeness (QED) is 0.0146. The number of phosphoric acid groups is 1. The number of carbonyl (C=O) groups excluding carboxylic acids is 2. The van der Waals surface area contributed by atoms with Crippen LogP contribution in [0.3, 0.4) is 0 Å². The Balaban J connectivity index is 2.46. The molecule has 1 aliphatic carbocycles. The van der Waals surface area contributed by atoms with Crippen molar-refractivity contribution in [1.29, 1.82) is 0 Å². The smallest absolute Gasteiger partial charge is 0.462 e. The van der Waals surface area contributed by atoms with Crippen LogP contribution in [-0.2, 0) is 32.7 Å². The van der Waals surface area contributed by atoms with E-state index in [1.807, 2.05) is 0 Å². The van der Waals surface area contributed by atoms with Crippen LogP contribution in [0.1, 0.15) is 194 Å². The molecule has 0 aromatic heterocycles. The highest BCUT2D eigenvalue weighted by Crippen LogP contribution is 2.47. The van der Waals surface area contributed by atoms with E-state index in [1.165, 1.54) is 77.0 Å². The van der Waals surface area contributed by atoms with E-state index in [0.717, 1.165) is 77.0 Å². The van der Waals surface area contributed by atoms with Crippen LogP contribution in [0.15, 0.2) is 60.8 Å². The fourth-order valence-electron chi connectivity index (χ4n) is 7.26. The van der Waals surface area contributed by atoms with Crippen LogP contribution in [-0.4, -0.2) is 98.3 Å². The van der Waals surface area contributed by atoms with Gasteiger partial charge in [-0.3, -0.25) is 18.6 Å². The van der Waals surface area contributed by atoms with Gasteiger partial charge in [-0.05, 0) is 83.5 Å². The third-order valence-corrected chi connectivity index (χ3v) is 12.3. The van der Waals surface area contributed by atoms with Crippen LogP contribution in [0, 0.1) is 0 Å². The van der Waals surface area contributed by atoms with Crippen molar-refractivity contribution in [3.05, 3.63) is 60.8 Å². The maximum absolute atomic E-state index is 12.8. The van der Waals surface area contributed by atoms with Crippen molar-refractivity contribution >= 4 is 19.8 Å². The number of ether oxygens (including phenoxy) is 2. The molecular formula is C51H89O13P. The molecule has 65 heavy (non-hydrogen) atoms. The van der Waals surface area contributed by atoms with E-state index < -0.39 is 75.7 Å². The van der Waals surface area contributed by atoms with E-state index in [-0.39, 0.29) is 12.8 Å². The average molecular weight is 941 g/mol. The minimum atomic E-state index is -5.13. The lowest BCUT2D eigenvalue weighted by Gasteiger charge is -2.41. The zero-order valence-corrected chi connectivity index (χ0v) is 40.9. The first-order valence-corrected chi connectivity index (χ1v) is 26.6. The third kappa shape index (κ3) is 32.8. The highest BCUT2D eigenvalue weighted by molar-refractivity contribution is 7.47. The Bertz CT molecular complexity index is 1370. The van der Waals surface area contributed by atoms with Gasteiger partial charge in [0.05, 0.1) is 6.61 Å². The molecule has 6 N–H and O–H groups in total. The highest BCUT2D eigenvalue weighted by Gasteiger charge is 2.51. The Kier molecular flexibility index (Phi) is 37.8. The number of aliphatic hydroxyl groups excluding tert-OH is 5. The summed E-state index contributed by atoms with van der Waals surface area (Å²) in [6, 6.07) is 0. The summed E-state index contributed by atoms with van der Waals surface area (Å²) >= 11 is 0. The summed E-state index contributed by atoms with van der Waals surface area (Å²) in [5.74, 6) is -1.14. The Hall–Kier alpha value is -2.45. The first-order valence-electron chi connectivity index (χ1n) is 25.1. The molecule has 0 radical (unpaired) electrons. The van der Waals surface area contributed by atoms with Crippen molar-refractivity contribution in [3.8, 4) is 0 Å². The van der Waals surface area contributed by atoms with E-state index >= 15 is 0 Å². The lowest BCUT2D eigenvalue weighted by Crippen LogP contribution is -2.64. The molecule has 14 heteroatoms. The van der Waals surface area contributed by atoms with Crippen molar-refractivity contribution in [2.45, 2.75) is 236 Å². The van der Waals surface area contributed by atoms with Crippen LogP contribution < -0.4 is 0 Å². The van der Waals surface area contributed by atoms with Gasteiger partial charge in [-0.1, -0.05) is 158 Å². The fraction of sp³-hybridized carbons (Fsp3) is 0.765. The van der Waals surface area contributed by atoms with Crippen LogP contribution in [0.4, 0.5) is 0 Å². The number of hydrogen-bond donors (Lipinski definition) is 6. The van der Waals surface area contributed by atoms with E-state index in [9.17, 15) is 44.6 Å². The minimum absolute atomic E-state index is 0.0564. The molecule has 0 heterocycles. The highest BCUT2D eigenvalue weighted by atomic mass is 31.2. The number of hydrogen-bond acceptors (Lipinski definition) is 12. The summed E-state index contributed by atoms with van der Waals surface area (Å²) < 4.78 is 33.6. The van der Waals surface area contributed by atoms with Gasteiger partial charge in [0.2, 0.25) is 0 Å². The Morgan fingerprint density at radius 1 is 0.477 bits per heavy atom. The van der Waals surface area contributed by atoms with Gasteiger partial charge in [-0.25, -0.2) is 4.57 Å². The Morgan fingerprint density at radius 3 is 1.32 bits per heavy atom. The normalized spacial score (nSPS) is 21.9. The molecule has 0 saturated heterocycles. The van der Waals surface area contributed by atoms with Gasteiger partial charge in [0.15, 0.2) is 6.10 Å². The van der Waals surface area contributed by atoms with Crippen molar-refractivity contribution < 1.29 is 63.1 Å². The molecule has 6 unspecified atom stereocenters. The van der Waals surface area contributed by atoms with Crippen LogP contribution in [0.25, 0.3) is 0 Å². The van der Waals surface area contributed by atoms with Gasteiger partial charge < -0.3 is 39.9 Å². The summed E-state index contributed by atoms with van der Waals surface area (Å²) in [4.78, 5) is 35.8. The van der Waals surface area contributed by atoms with E-state index in [1.54, 1.807) is 0 Å². The summed E-state index contributed by atoms with van der Waals surface area (Å²) in [5, 5.41) is 50.2. The van der Waals surface area contributed by atoms with Crippen molar-refractivity contribution in [3.63, 3.8) is 0 Å². The topological polar surface area (TPSA) is 210 Å². The maximum atomic E-state index is 12.8. The predicted molar refractivity (Wildman–Crippen MR) is 258 cm³/mol. The molecule has 0 aromatic carbocycles. The molecule has 13 nitrogen and oxygen atoms in total. The number of aliphatic hydroxyl groups is 5. The largest absolute Gasteiger partial charge is 0.472 e. The molecular weight excluding hydrogens is 852 g/mol. The monoisotopic (exact) mass is 941 g/mol. The molecule has 0 amide bonds. The van der Waals surface area contributed by atoms with Crippen molar-refractivity contribution in [1.82, 2.24) is 0 Å². The summed E-state index contributed by atoms with van der Waals surface area (Å²) in [5.41, 5.74) is 0. The number of carbonyl (C=O) groups is 2. The predicted octanol–water partition coefficient (Wildman–Crippen LogP) is 10.5. The van der Waals surface area contributed by atoms with Crippen LogP contribution in [0.5, 0.6) is 0 Å². The zero-order chi connectivity index (χ0) is 47.8. The molecule has 1 aliphatic rings. The first kappa shape index (κ1) is 60.6. The molecule has 0 aliphatic heterocycles. The standard InChI is InChI=1S/C51H89O13P/c1-3-5-7-9-11-13-15-17-19-21-22-24-26-28-30-32-34-36-38-40-45(53)63-43(42-62-65(59,60)64-51-49(57)47(55)46(54)48(56)50(51)58)41-61-44(52)39-37-35-33-31-29-27-25-23-20-18-16-14-12-10-8-6-4-2/h11,13,17-20,22,24,28,30,43,46-51,54-58H,3-10,12,14-16,21,23,25-27,29,31-42H2,1-2H3,(H,59,60)/b13-11+,19-17+,20-18+,24-22+,30-28+/t43-,46?,47-,48?,49?,50?,51?/m1/s1. The fourth-order valence-corrected chi connectivity index (χ4v) is 8.24. The second-order valence-corrected chi connectivity index (χ2v) is 18.7. The van der Waals surface area contributed by atoms with Crippen molar-refractivity contribution in [2.24, 2.45) is 0 Å². The lowest BCUT2D eigenvalue weighted by atomic mass is 9.85. The molecule has 8 atom stereocenters. The Morgan fingerprint density at radius 2 is 0.831 bits per heavy atom. The van der Waals surface area contributed by atoms with Gasteiger partial charge in [0, 0.05) is 12.8 Å².